The fraction of sp³-hybridized carbons (Fsp3) is 0.250. The SMILES string of the molecule is CCCNCc1ccc(-c2cc(F)c(F)cc2F)c(F)c1. The topological polar surface area (TPSA) is 12.0 Å². The molecule has 0 radical (unpaired) electrons. The lowest BCUT2D eigenvalue weighted by Crippen LogP contribution is -2.13. The van der Waals surface area contributed by atoms with Crippen LogP contribution in [0.3, 0.4) is 0 Å². The van der Waals surface area contributed by atoms with Gasteiger partial charge in [0.1, 0.15) is 11.6 Å². The summed E-state index contributed by atoms with van der Waals surface area (Å²) < 4.78 is 53.8. The second-order valence-corrected chi connectivity index (χ2v) is 4.74. The van der Waals surface area contributed by atoms with Crippen LogP contribution in [0.25, 0.3) is 11.1 Å². The Bertz CT molecular complexity index is 640. The molecule has 21 heavy (non-hydrogen) atoms. The highest BCUT2D eigenvalue weighted by molar-refractivity contribution is 5.65. The average molecular weight is 297 g/mol. The van der Waals surface area contributed by atoms with Crippen molar-refractivity contribution in [3.8, 4) is 11.1 Å². The first kappa shape index (κ1) is 15.5. The third-order valence-corrected chi connectivity index (χ3v) is 3.09. The summed E-state index contributed by atoms with van der Waals surface area (Å²) in [4.78, 5) is 0. The summed E-state index contributed by atoms with van der Waals surface area (Å²) in [6.45, 7) is 3.31. The van der Waals surface area contributed by atoms with Crippen LogP contribution in [0.5, 0.6) is 0 Å². The minimum absolute atomic E-state index is 0.0920. The van der Waals surface area contributed by atoms with E-state index in [-0.39, 0.29) is 11.1 Å². The molecule has 1 nitrogen and oxygen atoms in total. The van der Waals surface area contributed by atoms with Gasteiger partial charge in [0.25, 0.3) is 0 Å². The Balaban J connectivity index is 2.31. The van der Waals surface area contributed by atoms with E-state index in [1.807, 2.05) is 6.92 Å². The summed E-state index contributed by atoms with van der Waals surface area (Å²) in [7, 11) is 0. The molecular formula is C16H15F4N. The highest BCUT2D eigenvalue weighted by atomic mass is 19.2. The first-order chi connectivity index (χ1) is 10.0. The fourth-order valence-corrected chi connectivity index (χ4v) is 2.03. The summed E-state index contributed by atoms with van der Waals surface area (Å²) in [6.07, 6.45) is 0.959. The Morgan fingerprint density at radius 1 is 0.810 bits per heavy atom. The fourth-order valence-electron chi connectivity index (χ4n) is 2.03. The lowest BCUT2D eigenvalue weighted by molar-refractivity contribution is 0.495. The third-order valence-electron chi connectivity index (χ3n) is 3.09. The van der Waals surface area contributed by atoms with Gasteiger partial charge >= 0.3 is 0 Å². The van der Waals surface area contributed by atoms with Gasteiger partial charge in [0.05, 0.1) is 0 Å². The van der Waals surface area contributed by atoms with Gasteiger partial charge in [-0.1, -0.05) is 19.1 Å². The number of rotatable bonds is 5. The average Bonchev–Trinajstić information content (AvgIpc) is 2.44. The van der Waals surface area contributed by atoms with Crippen molar-refractivity contribution < 1.29 is 17.6 Å². The van der Waals surface area contributed by atoms with Crippen LogP contribution < -0.4 is 5.32 Å². The van der Waals surface area contributed by atoms with Crippen molar-refractivity contribution >= 4 is 0 Å². The Hall–Kier alpha value is -1.88. The summed E-state index contributed by atoms with van der Waals surface area (Å²) in [5.74, 6) is -4.17. The van der Waals surface area contributed by atoms with E-state index in [2.05, 4.69) is 5.32 Å². The van der Waals surface area contributed by atoms with Crippen LogP contribution in [0, 0.1) is 23.3 Å². The molecule has 2 rings (SSSR count). The van der Waals surface area contributed by atoms with Gasteiger partial charge in [-0.25, -0.2) is 17.6 Å². The molecule has 0 fully saturated rings. The van der Waals surface area contributed by atoms with Gasteiger partial charge in [0.2, 0.25) is 0 Å². The summed E-state index contributed by atoms with van der Waals surface area (Å²) in [5, 5.41) is 3.12. The van der Waals surface area contributed by atoms with E-state index in [1.165, 1.54) is 12.1 Å². The van der Waals surface area contributed by atoms with Crippen LogP contribution in [0.2, 0.25) is 0 Å². The van der Waals surface area contributed by atoms with Crippen molar-refractivity contribution in [3.05, 3.63) is 59.2 Å². The van der Waals surface area contributed by atoms with E-state index in [4.69, 9.17) is 0 Å². The Morgan fingerprint density at radius 2 is 1.48 bits per heavy atom. The molecule has 0 unspecified atom stereocenters. The molecule has 0 amide bonds. The van der Waals surface area contributed by atoms with Crippen LogP contribution in [-0.4, -0.2) is 6.54 Å². The van der Waals surface area contributed by atoms with E-state index in [9.17, 15) is 17.6 Å². The molecule has 0 aromatic heterocycles. The summed E-state index contributed by atoms with van der Waals surface area (Å²) in [6, 6.07) is 5.34. The van der Waals surface area contributed by atoms with Gasteiger partial charge in [-0.3, -0.25) is 0 Å². The lowest BCUT2D eigenvalue weighted by Gasteiger charge is -2.09. The van der Waals surface area contributed by atoms with Crippen LogP contribution in [0.4, 0.5) is 17.6 Å². The number of halogens is 4. The molecule has 0 saturated heterocycles. The Labute approximate surface area is 120 Å². The number of hydrogen-bond acceptors (Lipinski definition) is 1. The second kappa shape index (κ2) is 6.72. The molecule has 0 bridgehead atoms. The Morgan fingerprint density at radius 3 is 2.14 bits per heavy atom. The second-order valence-electron chi connectivity index (χ2n) is 4.74. The van der Waals surface area contributed by atoms with Gasteiger partial charge in [-0.15, -0.1) is 0 Å². The molecule has 0 aliphatic rings. The van der Waals surface area contributed by atoms with E-state index >= 15 is 0 Å². The first-order valence-corrected chi connectivity index (χ1v) is 6.67. The van der Waals surface area contributed by atoms with Crippen LogP contribution in [0.1, 0.15) is 18.9 Å². The molecule has 5 heteroatoms. The monoisotopic (exact) mass is 297 g/mol. The van der Waals surface area contributed by atoms with Crippen LogP contribution in [-0.2, 0) is 6.54 Å². The van der Waals surface area contributed by atoms with E-state index < -0.39 is 23.3 Å². The van der Waals surface area contributed by atoms with Crippen LogP contribution >= 0.6 is 0 Å². The number of benzene rings is 2. The van der Waals surface area contributed by atoms with Crippen molar-refractivity contribution in [1.29, 1.82) is 0 Å². The zero-order chi connectivity index (χ0) is 15.4. The third kappa shape index (κ3) is 3.61. The van der Waals surface area contributed by atoms with Gasteiger partial charge in [-0.2, -0.15) is 0 Å². The first-order valence-electron chi connectivity index (χ1n) is 6.67. The van der Waals surface area contributed by atoms with Gasteiger partial charge in [0, 0.05) is 23.7 Å². The van der Waals surface area contributed by atoms with E-state index in [0.29, 0.717) is 24.2 Å². The lowest BCUT2D eigenvalue weighted by atomic mass is 10.0. The minimum atomic E-state index is -1.29. The number of hydrogen-bond donors (Lipinski definition) is 1. The van der Waals surface area contributed by atoms with Crippen molar-refractivity contribution in [2.24, 2.45) is 0 Å². The molecule has 112 valence electrons. The molecule has 0 saturated carbocycles. The Kier molecular flexibility index (Phi) is 4.96. The van der Waals surface area contributed by atoms with Gasteiger partial charge < -0.3 is 5.32 Å². The molecule has 1 N–H and O–H groups in total. The maximum Gasteiger partial charge on any atom is 0.161 e. The summed E-state index contributed by atoms with van der Waals surface area (Å²) in [5.41, 5.74) is 0.317. The molecule has 0 atom stereocenters. The minimum Gasteiger partial charge on any atom is -0.313 e. The quantitative estimate of drug-likeness (QED) is 0.490. The molecule has 2 aromatic rings. The van der Waals surface area contributed by atoms with E-state index in [0.717, 1.165) is 13.0 Å². The molecular weight excluding hydrogens is 282 g/mol. The highest BCUT2D eigenvalue weighted by Gasteiger charge is 2.15. The van der Waals surface area contributed by atoms with Crippen LogP contribution in [0.15, 0.2) is 30.3 Å². The normalized spacial score (nSPS) is 10.9. The zero-order valence-electron chi connectivity index (χ0n) is 11.5. The van der Waals surface area contributed by atoms with Gasteiger partial charge in [-0.05, 0) is 30.7 Å². The van der Waals surface area contributed by atoms with Gasteiger partial charge in [0.15, 0.2) is 11.6 Å². The molecule has 0 aliphatic heterocycles. The zero-order valence-corrected chi connectivity index (χ0v) is 11.5. The van der Waals surface area contributed by atoms with Crippen molar-refractivity contribution in [1.82, 2.24) is 5.32 Å². The largest absolute Gasteiger partial charge is 0.313 e. The molecule has 0 spiro atoms. The molecule has 0 heterocycles. The smallest absolute Gasteiger partial charge is 0.161 e. The van der Waals surface area contributed by atoms with Crippen molar-refractivity contribution in [2.45, 2.75) is 19.9 Å². The van der Waals surface area contributed by atoms with Crippen molar-refractivity contribution in [2.75, 3.05) is 6.54 Å². The number of nitrogens with one attached hydrogen (secondary N) is 1. The standard InChI is InChI=1S/C16H15F4N/c1-2-5-21-9-10-3-4-11(13(17)6-10)12-7-15(19)16(20)8-14(12)18/h3-4,6-8,21H,2,5,9H2,1H3. The van der Waals surface area contributed by atoms with E-state index in [1.54, 1.807) is 6.07 Å². The maximum absolute atomic E-state index is 14.0. The molecule has 2 aromatic carbocycles. The highest BCUT2D eigenvalue weighted by Crippen LogP contribution is 2.28. The predicted octanol–water partition coefficient (Wildman–Crippen LogP) is 4.41. The molecule has 0 aliphatic carbocycles. The maximum atomic E-state index is 14.0. The van der Waals surface area contributed by atoms with Crippen molar-refractivity contribution in [3.63, 3.8) is 0 Å². The predicted molar refractivity (Wildman–Crippen MR) is 73.7 cm³/mol. The summed E-state index contributed by atoms with van der Waals surface area (Å²) >= 11 is 0.